The van der Waals surface area contributed by atoms with Crippen LogP contribution in [0.25, 0.3) is 16.2 Å². The van der Waals surface area contributed by atoms with Crippen LogP contribution in [0.15, 0.2) is 35.8 Å². The highest BCUT2D eigenvalue weighted by Crippen LogP contribution is 2.25. The van der Waals surface area contributed by atoms with Gasteiger partial charge in [0.05, 0.1) is 11.8 Å². The molecular formula is C16H15FN4O3S. The van der Waals surface area contributed by atoms with E-state index in [1.165, 1.54) is 28.7 Å². The first-order valence-corrected chi connectivity index (χ1v) is 8.26. The van der Waals surface area contributed by atoms with E-state index >= 15 is 0 Å². The van der Waals surface area contributed by atoms with Crippen LogP contribution >= 0.6 is 11.3 Å². The molecule has 0 unspecified atom stereocenters. The highest BCUT2D eigenvalue weighted by molar-refractivity contribution is 7.15. The molecule has 0 saturated carbocycles. The summed E-state index contributed by atoms with van der Waals surface area (Å²) in [6.07, 6.45) is 0.410. The molecule has 0 aliphatic heterocycles. The van der Waals surface area contributed by atoms with Gasteiger partial charge in [-0.2, -0.15) is 0 Å². The molecule has 3 rings (SSSR count). The average molecular weight is 362 g/mol. The lowest BCUT2D eigenvalue weighted by atomic mass is 10.1. The number of benzene rings is 1. The molecule has 2 aromatic heterocycles. The molecule has 0 spiro atoms. The van der Waals surface area contributed by atoms with Crippen LogP contribution in [-0.2, 0) is 4.79 Å². The minimum atomic E-state index is -1.21. The summed E-state index contributed by atoms with van der Waals surface area (Å²) in [5, 5.41) is 13.5. The van der Waals surface area contributed by atoms with E-state index in [1.54, 1.807) is 29.8 Å². The van der Waals surface area contributed by atoms with Gasteiger partial charge in [0.2, 0.25) is 5.91 Å². The molecule has 9 heteroatoms. The number of fused-ring (bicyclic) bond motifs is 1. The highest BCUT2D eigenvalue weighted by atomic mass is 32.1. The number of hydrogen-bond acceptors (Lipinski definition) is 5. The van der Waals surface area contributed by atoms with Crippen LogP contribution in [0.1, 0.15) is 17.4 Å². The molecular weight excluding hydrogens is 347 g/mol. The van der Waals surface area contributed by atoms with Crippen LogP contribution in [0.3, 0.4) is 0 Å². The minimum absolute atomic E-state index is 0.210. The number of hydrogen-bond donors (Lipinski definition) is 3. The van der Waals surface area contributed by atoms with E-state index in [0.717, 1.165) is 0 Å². The third kappa shape index (κ3) is 3.24. The Kier molecular flexibility index (Phi) is 4.51. The summed E-state index contributed by atoms with van der Waals surface area (Å²) in [5.41, 5.74) is 6.10. The smallest absolute Gasteiger partial charge is 0.269 e. The Hall–Kier alpha value is -2.78. The molecule has 0 fully saturated rings. The molecule has 0 saturated heterocycles. The van der Waals surface area contributed by atoms with Crippen LogP contribution in [0, 0.1) is 5.82 Å². The number of aromatic nitrogens is 2. The number of carbonyl (C=O) groups is 2. The number of rotatable bonds is 5. The first kappa shape index (κ1) is 17.1. The Balaban J connectivity index is 1.94. The molecule has 0 bridgehead atoms. The van der Waals surface area contributed by atoms with E-state index in [1.807, 2.05) is 0 Å². The number of thiazole rings is 1. The fourth-order valence-corrected chi connectivity index (χ4v) is 3.24. The number of halogens is 1. The fourth-order valence-electron chi connectivity index (χ4n) is 2.39. The third-order valence-corrected chi connectivity index (χ3v) is 4.51. The summed E-state index contributed by atoms with van der Waals surface area (Å²) in [5.74, 6) is -1.84. The van der Waals surface area contributed by atoms with Crippen LogP contribution in [-0.4, -0.2) is 38.5 Å². The van der Waals surface area contributed by atoms with Crippen molar-refractivity contribution < 1.29 is 19.1 Å². The van der Waals surface area contributed by atoms with Crippen molar-refractivity contribution in [3.63, 3.8) is 0 Å². The monoisotopic (exact) mass is 362 g/mol. The zero-order chi connectivity index (χ0) is 18.1. The van der Waals surface area contributed by atoms with Gasteiger partial charge in [0.15, 0.2) is 4.96 Å². The predicted molar refractivity (Wildman–Crippen MR) is 90.6 cm³/mol. The molecule has 0 radical (unpaired) electrons. The first-order valence-electron chi connectivity index (χ1n) is 7.38. The molecule has 2 amide bonds. The van der Waals surface area contributed by atoms with Gasteiger partial charge >= 0.3 is 0 Å². The number of nitrogens with one attached hydrogen (secondary N) is 1. The van der Waals surface area contributed by atoms with Crippen molar-refractivity contribution in [2.24, 2.45) is 5.73 Å². The lowest BCUT2D eigenvalue weighted by Gasteiger charge is -2.17. The Morgan fingerprint density at radius 2 is 2.12 bits per heavy atom. The van der Waals surface area contributed by atoms with E-state index < -0.39 is 29.8 Å². The van der Waals surface area contributed by atoms with Crippen molar-refractivity contribution in [3.8, 4) is 11.3 Å². The summed E-state index contributed by atoms with van der Waals surface area (Å²) >= 11 is 1.20. The average Bonchev–Trinajstić information content (AvgIpc) is 3.12. The van der Waals surface area contributed by atoms with Crippen molar-refractivity contribution in [3.05, 3.63) is 47.4 Å². The maximum Gasteiger partial charge on any atom is 0.269 e. The summed E-state index contributed by atoms with van der Waals surface area (Å²) < 4.78 is 15.4. The second kappa shape index (κ2) is 6.61. The zero-order valence-electron chi connectivity index (χ0n) is 13.1. The van der Waals surface area contributed by atoms with Gasteiger partial charge in [-0.25, -0.2) is 9.37 Å². The molecule has 0 aliphatic rings. The van der Waals surface area contributed by atoms with Crippen LogP contribution in [0.4, 0.5) is 4.39 Å². The van der Waals surface area contributed by atoms with Gasteiger partial charge in [-0.05, 0) is 19.1 Å². The molecule has 0 aliphatic carbocycles. The number of imidazole rings is 1. The second-order valence-corrected chi connectivity index (χ2v) is 6.31. The van der Waals surface area contributed by atoms with E-state index in [0.29, 0.717) is 16.2 Å². The molecule has 1 aromatic carbocycles. The van der Waals surface area contributed by atoms with Gasteiger partial charge in [0.25, 0.3) is 5.91 Å². The number of nitrogens with zero attached hydrogens (tertiary/aromatic N) is 2. The van der Waals surface area contributed by atoms with E-state index in [9.17, 15) is 19.1 Å². The largest absolute Gasteiger partial charge is 0.391 e. The van der Waals surface area contributed by atoms with Crippen LogP contribution < -0.4 is 11.1 Å². The first-order chi connectivity index (χ1) is 11.9. The molecule has 130 valence electrons. The fraction of sp³-hybridized carbons (Fsp3) is 0.188. The molecule has 25 heavy (non-hydrogen) atoms. The SMILES string of the molecule is C[C@@H](O)[C@H](NC(=O)c1csc2nc(-c3ccccc3F)cn12)C(N)=O. The number of aliphatic hydroxyl groups is 1. The maximum atomic E-state index is 13.9. The lowest BCUT2D eigenvalue weighted by Crippen LogP contribution is -2.50. The van der Waals surface area contributed by atoms with E-state index in [-0.39, 0.29) is 5.69 Å². The van der Waals surface area contributed by atoms with Crippen LogP contribution in [0.2, 0.25) is 0 Å². The number of carbonyl (C=O) groups excluding carboxylic acids is 2. The van der Waals surface area contributed by atoms with Crippen molar-refractivity contribution >= 4 is 28.1 Å². The highest BCUT2D eigenvalue weighted by Gasteiger charge is 2.25. The summed E-state index contributed by atoms with van der Waals surface area (Å²) in [4.78, 5) is 28.5. The molecule has 4 N–H and O–H groups in total. The van der Waals surface area contributed by atoms with Crippen molar-refractivity contribution in [1.29, 1.82) is 0 Å². The Bertz CT molecular complexity index is 950. The Morgan fingerprint density at radius 1 is 1.40 bits per heavy atom. The van der Waals surface area contributed by atoms with Gasteiger partial charge in [-0.1, -0.05) is 12.1 Å². The van der Waals surface area contributed by atoms with Crippen molar-refractivity contribution in [1.82, 2.24) is 14.7 Å². The van der Waals surface area contributed by atoms with Gasteiger partial charge in [-0.3, -0.25) is 14.0 Å². The normalized spacial score (nSPS) is 13.6. The van der Waals surface area contributed by atoms with Gasteiger partial charge in [0.1, 0.15) is 17.6 Å². The Labute approximate surface area is 145 Å². The molecule has 7 nitrogen and oxygen atoms in total. The molecule has 2 heterocycles. The standard InChI is InChI=1S/C16H15FN4O3S/c1-8(22)13(14(18)23)20-15(24)12-7-25-16-19-11(6-21(12)16)9-4-2-3-5-10(9)17/h2-8,13,22H,1H3,(H2,18,23)(H,20,24)/t8-,13+/m1/s1. The van der Waals surface area contributed by atoms with Gasteiger partial charge in [-0.15, -0.1) is 11.3 Å². The number of amides is 2. The van der Waals surface area contributed by atoms with E-state index in [2.05, 4.69) is 10.3 Å². The number of primary amides is 1. The minimum Gasteiger partial charge on any atom is -0.391 e. The predicted octanol–water partition coefficient (Wildman–Crippen LogP) is 1.17. The van der Waals surface area contributed by atoms with Crippen molar-refractivity contribution in [2.45, 2.75) is 19.1 Å². The maximum absolute atomic E-state index is 13.9. The van der Waals surface area contributed by atoms with Crippen LogP contribution in [0.5, 0.6) is 0 Å². The lowest BCUT2D eigenvalue weighted by molar-refractivity contribution is -0.122. The third-order valence-electron chi connectivity index (χ3n) is 3.67. The summed E-state index contributed by atoms with van der Waals surface area (Å²) in [7, 11) is 0. The topological polar surface area (TPSA) is 110 Å². The Morgan fingerprint density at radius 3 is 2.76 bits per heavy atom. The quantitative estimate of drug-likeness (QED) is 0.633. The van der Waals surface area contributed by atoms with Gasteiger partial charge < -0.3 is 16.2 Å². The zero-order valence-corrected chi connectivity index (χ0v) is 14.0. The van der Waals surface area contributed by atoms with E-state index in [4.69, 9.17) is 5.73 Å². The van der Waals surface area contributed by atoms with Crippen molar-refractivity contribution in [2.75, 3.05) is 0 Å². The summed E-state index contributed by atoms with van der Waals surface area (Å²) in [6.45, 7) is 1.35. The summed E-state index contributed by atoms with van der Waals surface area (Å²) in [6, 6.07) is 4.99. The number of nitrogens with two attached hydrogens (primary N) is 1. The second-order valence-electron chi connectivity index (χ2n) is 5.47. The molecule has 3 aromatic rings. The van der Waals surface area contributed by atoms with Gasteiger partial charge in [0, 0.05) is 17.1 Å². The number of aliphatic hydroxyl groups excluding tert-OH is 1. The molecule has 2 atom stereocenters.